The fourth-order valence-corrected chi connectivity index (χ4v) is 4.85. The number of nitro groups is 1. The van der Waals surface area contributed by atoms with Crippen LogP contribution in [0.5, 0.6) is 0 Å². The number of amides is 3. The maximum absolute atomic E-state index is 13.2. The Bertz CT molecular complexity index is 1660. The average Bonchev–Trinajstić information content (AvgIpc) is 2.98. The van der Waals surface area contributed by atoms with Gasteiger partial charge in [-0.2, -0.15) is 0 Å². The minimum Gasteiger partial charge on any atom is -0.325 e. The summed E-state index contributed by atoms with van der Waals surface area (Å²) in [6.45, 7) is 1.76. The largest absolute Gasteiger partial charge is 0.325 e. The summed E-state index contributed by atoms with van der Waals surface area (Å²) in [7, 11) is 0. The first-order chi connectivity index (χ1) is 20.2. The summed E-state index contributed by atoms with van der Waals surface area (Å²) in [6.07, 6.45) is 1.59. The van der Waals surface area contributed by atoms with Crippen molar-refractivity contribution in [2.45, 2.75) is 11.8 Å². The van der Waals surface area contributed by atoms with Gasteiger partial charge in [0.1, 0.15) is 5.70 Å². The Balaban J connectivity index is 1.40. The van der Waals surface area contributed by atoms with Gasteiger partial charge in [0.15, 0.2) is 0 Å². The minimum absolute atomic E-state index is 0.0634. The number of hydrogen-bond donors (Lipinski definition) is 3. The Hall–Kier alpha value is -4.74. The third-order valence-electron chi connectivity index (χ3n) is 5.88. The van der Waals surface area contributed by atoms with E-state index in [2.05, 4.69) is 31.9 Å². The van der Waals surface area contributed by atoms with E-state index < -0.39 is 16.7 Å². The molecule has 9 nitrogen and oxygen atoms in total. The number of carbonyl (C=O) groups excluding carboxylic acids is 3. The summed E-state index contributed by atoms with van der Waals surface area (Å²) in [4.78, 5) is 49.8. The highest BCUT2D eigenvalue weighted by atomic mass is 79.9. The molecular weight excluding hydrogens is 620 g/mol. The highest BCUT2D eigenvalue weighted by molar-refractivity contribution is 9.10. The molecule has 0 bridgehead atoms. The Morgan fingerprint density at radius 3 is 2.33 bits per heavy atom. The van der Waals surface area contributed by atoms with Crippen molar-refractivity contribution in [1.82, 2.24) is 5.32 Å². The van der Waals surface area contributed by atoms with Gasteiger partial charge in [-0.1, -0.05) is 52.3 Å². The summed E-state index contributed by atoms with van der Waals surface area (Å²) in [5.41, 5.74) is 2.69. The van der Waals surface area contributed by atoms with Gasteiger partial charge in [0.25, 0.3) is 17.5 Å². The maximum Gasteiger partial charge on any atom is 0.272 e. The van der Waals surface area contributed by atoms with E-state index in [0.717, 1.165) is 9.37 Å². The fourth-order valence-electron chi connectivity index (χ4n) is 3.73. The van der Waals surface area contributed by atoms with Crippen molar-refractivity contribution in [3.05, 3.63) is 134 Å². The van der Waals surface area contributed by atoms with Crippen molar-refractivity contribution in [2.75, 3.05) is 16.4 Å². The second-order valence-corrected chi connectivity index (χ2v) is 11.0. The van der Waals surface area contributed by atoms with Gasteiger partial charge in [-0.05, 0) is 72.7 Å². The van der Waals surface area contributed by atoms with Gasteiger partial charge in [0.05, 0.1) is 16.4 Å². The quantitative estimate of drug-likeness (QED) is 0.0753. The van der Waals surface area contributed by atoms with Gasteiger partial charge < -0.3 is 16.0 Å². The molecule has 42 heavy (non-hydrogen) atoms. The number of carbonyl (C=O) groups is 3. The van der Waals surface area contributed by atoms with Crippen LogP contribution in [0, 0.1) is 17.0 Å². The molecule has 0 atom stereocenters. The second kappa shape index (κ2) is 14.2. The van der Waals surface area contributed by atoms with Crippen LogP contribution in [0.4, 0.5) is 17.1 Å². The first kappa shape index (κ1) is 30.2. The zero-order valence-corrected chi connectivity index (χ0v) is 24.7. The van der Waals surface area contributed by atoms with Gasteiger partial charge in [-0.3, -0.25) is 24.5 Å². The average molecular weight is 646 g/mol. The number of halogens is 1. The molecular formula is C31H25BrN4O5S. The van der Waals surface area contributed by atoms with Crippen molar-refractivity contribution < 1.29 is 19.3 Å². The predicted molar refractivity (Wildman–Crippen MR) is 168 cm³/mol. The number of nitrogens with zero attached hydrogens (tertiary/aromatic N) is 1. The summed E-state index contributed by atoms with van der Waals surface area (Å²) < 4.78 is 0.826. The molecule has 4 rings (SSSR count). The van der Waals surface area contributed by atoms with E-state index in [1.807, 2.05) is 24.3 Å². The van der Waals surface area contributed by atoms with Gasteiger partial charge >= 0.3 is 0 Å². The van der Waals surface area contributed by atoms with Gasteiger partial charge in [-0.25, -0.2) is 0 Å². The van der Waals surface area contributed by atoms with E-state index in [1.54, 1.807) is 73.7 Å². The number of anilines is 2. The Morgan fingerprint density at radius 1 is 0.905 bits per heavy atom. The van der Waals surface area contributed by atoms with Crippen LogP contribution in [0.3, 0.4) is 0 Å². The first-order valence-electron chi connectivity index (χ1n) is 12.6. The zero-order valence-electron chi connectivity index (χ0n) is 22.3. The Labute approximate surface area is 254 Å². The molecule has 4 aromatic carbocycles. The van der Waals surface area contributed by atoms with Crippen LogP contribution in [-0.4, -0.2) is 28.4 Å². The molecule has 0 saturated carbocycles. The summed E-state index contributed by atoms with van der Waals surface area (Å²) >= 11 is 4.69. The molecule has 0 heterocycles. The van der Waals surface area contributed by atoms with Crippen molar-refractivity contribution in [3.8, 4) is 0 Å². The highest BCUT2D eigenvalue weighted by Gasteiger charge is 2.16. The van der Waals surface area contributed by atoms with E-state index >= 15 is 0 Å². The number of thioether (sulfide) groups is 1. The lowest BCUT2D eigenvalue weighted by atomic mass is 10.1. The normalized spacial score (nSPS) is 11.0. The molecule has 3 amide bonds. The molecule has 0 unspecified atom stereocenters. The molecule has 0 aromatic heterocycles. The minimum atomic E-state index is -0.513. The van der Waals surface area contributed by atoms with Crippen molar-refractivity contribution in [2.24, 2.45) is 0 Å². The Kier molecular flexibility index (Phi) is 10.2. The molecule has 0 radical (unpaired) electrons. The predicted octanol–water partition coefficient (Wildman–Crippen LogP) is 6.81. The zero-order chi connectivity index (χ0) is 30.1. The first-order valence-corrected chi connectivity index (χ1v) is 14.4. The van der Waals surface area contributed by atoms with Crippen LogP contribution in [0.2, 0.25) is 0 Å². The molecule has 0 aliphatic rings. The summed E-state index contributed by atoms with van der Waals surface area (Å²) in [5.74, 6) is -1.15. The van der Waals surface area contributed by atoms with Gasteiger partial charge in [-0.15, -0.1) is 11.8 Å². The van der Waals surface area contributed by atoms with Gasteiger partial charge in [0, 0.05) is 32.8 Å². The lowest BCUT2D eigenvalue weighted by Crippen LogP contribution is -2.30. The SMILES string of the molecule is Cc1ccc([N+](=O)[O-])cc1NC(=O)CSc1ccc(NC(=O)/C(=C/c2cccc(Br)c2)NC(=O)c2ccccc2)cc1. The number of rotatable bonds is 10. The van der Waals surface area contributed by atoms with E-state index in [9.17, 15) is 24.5 Å². The highest BCUT2D eigenvalue weighted by Crippen LogP contribution is 2.24. The monoisotopic (exact) mass is 644 g/mol. The number of nitro benzene ring substituents is 1. The molecule has 0 aliphatic carbocycles. The van der Waals surface area contributed by atoms with E-state index in [1.165, 1.54) is 23.9 Å². The van der Waals surface area contributed by atoms with Crippen molar-refractivity contribution >= 4 is 68.6 Å². The molecule has 11 heteroatoms. The van der Waals surface area contributed by atoms with Crippen LogP contribution in [-0.2, 0) is 9.59 Å². The lowest BCUT2D eigenvalue weighted by molar-refractivity contribution is -0.384. The van der Waals surface area contributed by atoms with E-state index in [-0.39, 0.29) is 23.0 Å². The lowest BCUT2D eigenvalue weighted by Gasteiger charge is -2.12. The van der Waals surface area contributed by atoms with Crippen LogP contribution in [0.1, 0.15) is 21.5 Å². The molecule has 0 saturated heterocycles. The maximum atomic E-state index is 13.2. The number of nitrogens with one attached hydrogen (secondary N) is 3. The molecule has 4 aromatic rings. The van der Waals surface area contributed by atoms with Crippen LogP contribution < -0.4 is 16.0 Å². The van der Waals surface area contributed by atoms with E-state index in [0.29, 0.717) is 28.1 Å². The molecule has 0 fully saturated rings. The molecule has 3 N–H and O–H groups in total. The van der Waals surface area contributed by atoms with Gasteiger partial charge in [0.2, 0.25) is 5.91 Å². The Morgan fingerprint density at radius 2 is 1.64 bits per heavy atom. The number of benzene rings is 4. The van der Waals surface area contributed by atoms with Crippen LogP contribution in [0.25, 0.3) is 6.08 Å². The van der Waals surface area contributed by atoms with Crippen LogP contribution in [0.15, 0.2) is 112 Å². The summed E-state index contributed by atoms with van der Waals surface area (Å²) in [6, 6.07) is 27.1. The third kappa shape index (κ3) is 8.63. The molecule has 0 spiro atoms. The number of aryl methyl sites for hydroxylation is 1. The van der Waals surface area contributed by atoms with Crippen molar-refractivity contribution in [3.63, 3.8) is 0 Å². The molecule has 0 aliphatic heterocycles. The van der Waals surface area contributed by atoms with Crippen molar-refractivity contribution in [1.29, 1.82) is 0 Å². The van der Waals surface area contributed by atoms with E-state index in [4.69, 9.17) is 0 Å². The molecule has 212 valence electrons. The van der Waals surface area contributed by atoms with Crippen LogP contribution >= 0.6 is 27.7 Å². The topological polar surface area (TPSA) is 130 Å². The third-order valence-corrected chi connectivity index (χ3v) is 7.38. The summed E-state index contributed by atoms with van der Waals surface area (Å²) in [5, 5.41) is 19.3. The number of hydrogen-bond acceptors (Lipinski definition) is 6. The fraction of sp³-hybridized carbons (Fsp3) is 0.0645. The standard InChI is InChI=1S/C31H25BrN4O5S/c1-20-10-13-25(36(40)41)18-27(20)34-29(37)19-42-26-14-11-24(12-15-26)33-31(39)28(17-21-6-5-9-23(32)16-21)35-30(38)22-7-3-2-4-8-22/h2-18H,19H2,1H3,(H,33,39)(H,34,37)(H,35,38)/b28-17-. The smallest absolute Gasteiger partial charge is 0.272 e. The second-order valence-electron chi connectivity index (χ2n) is 9.00. The number of non-ortho nitro benzene ring substituents is 1.